The van der Waals surface area contributed by atoms with Crippen LogP contribution in [0.4, 0.5) is 0 Å². The van der Waals surface area contributed by atoms with Crippen LogP contribution in [0.25, 0.3) is 0 Å². The molecule has 0 rings (SSSR count). The Morgan fingerprint density at radius 1 is 1.30 bits per heavy atom. The molecule has 0 amide bonds. The monoisotopic (exact) mass is 180 g/mol. The summed E-state index contributed by atoms with van der Waals surface area (Å²) >= 11 is 0. The summed E-state index contributed by atoms with van der Waals surface area (Å²) in [6.07, 6.45) is -0.560. The Morgan fingerprint density at radius 3 is 1.40 bits per heavy atom. The molecule has 0 saturated carbocycles. The summed E-state index contributed by atoms with van der Waals surface area (Å²) in [5.41, 5.74) is 0. The van der Waals surface area contributed by atoms with Crippen molar-refractivity contribution < 1.29 is 57.3 Å². The van der Waals surface area contributed by atoms with Gasteiger partial charge in [-0.3, -0.25) is 0 Å². The summed E-state index contributed by atoms with van der Waals surface area (Å²) in [7, 11) is 0. The van der Waals surface area contributed by atoms with Crippen LogP contribution in [0.5, 0.6) is 0 Å². The van der Waals surface area contributed by atoms with Gasteiger partial charge in [0.2, 0.25) is 0 Å². The number of aliphatic hydroxyl groups excluding tert-OH is 3. The predicted octanol–water partition coefficient (Wildman–Crippen LogP) is -6.63. The third kappa shape index (κ3) is 60.9. The zero-order valence-corrected chi connectivity index (χ0v) is 9.47. The molecule has 3 nitrogen and oxygen atoms in total. The normalized spacial score (nSPS) is 9.30. The molecule has 0 aromatic heterocycles. The Hall–Kier alpha value is 1.17. The van der Waals surface area contributed by atoms with Gasteiger partial charge in [0.1, 0.15) is 0 Å². The third-order valence-corrected chi connectivity index (χ3v) is 0.264. The molecule has 0 heterocycles. The van der Waals surface area contributed by atoms with Crippen LogP contribution in [0, 0.1) is 0 Å². The zero-order chi connectivity index (χ0) is 6.99. The van der Waals surface area contributed by atoms with Gasteiger partial charge in [-0.2, -0.15) is 0 Å². The van der Waals surface area contributed by atoms with E-state index in [4.69, 9.17) is 15.3 Å². The van der Waals surface area contributed by atoms with Gasteiger partial charge in [0.25, 0.3) is 0 Å². The maximum absolute atomic E-state index is 8.11. The van der Waals surface area contributed by atoms with Crippen LogP contribution in [-0.4, -0.2) is 34.6 Å². The molecule has 5 heteroatoms. The van der Waals surface area contributed by atoms with Crippen LogP contribution < -0.4 is 42.0 Å². The second-order valence-corrected chi connectivity index (χ2v) is 1.35. The van der Waals surface area contributed by atoms with Crippen molar-refractivity contribution in [3.63, 3.8) is 0 Å². The average Bonchev–Trinajstić information content (AvgIpc) is 1.69. The van der Waals surface area contributed by atoms with Crippen molar-refractivity contribution in [3.05, 3.63) is 0 Å². The molecular formula is C5H14ClNaO3. The van der Waals surface area contributed by atoms with Crippen molar-refractivity contribution in [3.8, 4) is 0 Å². The number of aliphatic hydroxyl groups is 3. The fraction of sp³-hybridized carbons (Fsp3) is 1.00. The van der Waals surface area contributed by atoms with Crippen LogP contribution in [0.1, 0.15) is 13.8 Å². The van der Waals surface area contributed by atoms with E-state index in [0.717, 1.165) is 0 Å². The maximum Gasteiger partial charge on any atom is 1.00 e. The molecule has 0 spiro atoms. The fourth-order valence-corrected chi connectivity index (χ4v) is 0. The Kier molecular flexibility index (Phi) is 50.5. The van der Waals surface area contributed by atoms with Crippen LogP contribution >= 0.6 is 0 Å². The minimum Gasteiger partial charge on any atom is -1.00 e. The zero-order valence-electron chi connectivity index (χ0n) is 6.71. The van der Waals surface area contributed by atoms with Gasteiger partial charge in [-0.1, -0.05) is 0 Å². The van der Waals surface area contributed by atoms with E-state index < -0.39 is 6.10 Å². The maximum atomic E-state index is 8.11. The van der Waals surface area contributed by atoms with Gasteiger partial charge in [-0.25, -0.2) is 0 Å². The number of hydrogen-bond donors (Lipinski definition) is 3. The third-order valence-electron chi connectivity index (χ3n) is 0.264. The van der Waals surface area contributed by atoms with E-state index in [1.165, 1.54) is 6.92 Å². The van der Waals surface area contributed by atoms with E-state index in [-0.39, 0.29) is 55.2 Å². The molecule has 1 unspecified atom stereocenters. The average molecular weight is 181 g/mol. The molecule has 10 heavy (non-hydrogen) atoms. The second-order valence-electron chi connectivity index (χ2n) is 1.35. The fourth-order valence-electron chi connectivity index (χ4n) is 0. The minimum absolute atomic E-state index is 0. The Morgan fingerprint density at radius 2 is 1.40 bits per heavy atom. The molecule has 0 aromatic rings. The van der Waals surface area contributed by atoms with Crippen molar-refractivity contribution in [1.29, 1.82) is 0 Å². The molecule has 60 valence electrons. The number of halogens is 1. The molecule has 3 N–H and O–H groups in total. The van der Waals surface area contributed by atoms with Gasteiger partial charge in [-0.15, -0.1) is 0 Å². The molecule has 0 aliphatic rings. The first-order valence-electron chi connectivity index (χ1n) is 2.58. The van der Waals surface area contributed by atoms with Crippen molar-refractivity contribution in [2.45, 2.75) is 20.0 Å². The largest absolute Gasteiger partial charge is 1.00 e. The van der Waals surface area contributed by atoms with Crippen LogP contribution in [0.2, 0.25) is 0 Å². The second kappa shape index (κ2) is 22.5. The molecule has 0 aliphatic carbocycles. The molecular weight excluding hydrogens is 166 g/mol. The number of rotatable bonds is 1. The molecule has 0 saturated heterocycles. The van der Waals surface area contributed by atoms with E-state index in [0.29, 0.717) is 0 Å². The molecule has 0 bridgehead atoms. The summed E-state index contributed by atoms with van der Waals surface area (Å²) in [5.74, 6) is 0. The quantitative estimate of drug-likeness (QED) is 0.352. The van der Waals surface area contributed by atoms with E-state index >= 15 is 0 Å². The Balaban J connectivity index is -0.0000000326. The molecule has 0 aliphatic heterocycles. The van der Waals surface area contributed by atoms with Crippen LogP contribution in [0.3, 0.4) is 0 Å². The van der Waals surface area contributed by atoms with E-state index in [9.17, 15) is 0 Å². The smallest absolute Gasteiger partial charge is 1.00 e. The molecule has 0 aromatic carbocycles. The number of hydrogen-bond acceptors (Lipinski definition) is 3. The summed E-state index contributed by atoms with van der Waals surface area (Å²) in [6.45, 7) is 3.32. The summed E-state index contributed by atoms with van der Waals surface area (Å²) < 4.78 is 0. The van der Waals surface area contributed by atoms with Gasteiger partial charge in [0, 0.05) is 6.61 Å². The topological polar surface area (TPSA) is 60.7 Å². The van der Waals surface area contributed by atoms with Crippen molar-refractivity contribution in [1.82, 2.24) is 0 Å². The molecule has 1 atom stereocenters. The first-order chi connectivity index (χ1) is 3.68. The van der Waals surface area contributed by atoms with Gasteiger partial charge in [0.15, 0.2) is 0 Å². The van der Waals surface area contributed by atoms with Crippen molar-refractivity contribution >= 4 is 0 Å². The van der Waals surface area contributed by atoms with Gasteiger partial charge >= 0.3 is 29.6 Å². The minimum atomic E-state index is -0.560. The van der Waals surface area contributed by atoms with Crippen LogP contribution in [0.15, 0.2) is 0 Å². The van der Waals surface area contributed by atoms with Gasteiger partial charge < -0.3 is 27.7 Å². The Bertz CT molecular complexity index is 38.1. The first kappa shape index (κ1) is 22.5. The van der Waals surface area contributed by atoms with Crippen molar-refractivity contribution in [2.24, 2.45) is 0 Å². The van der Waals surface area contributed by atoms with Crippen LogP contribution in [-0.2, 0) is 0 Å². The molecule has 0 radical (unpaired) electrons. The predicted molar refractivity (Wildman–Crippen MR) is 31.5 cm³/mol. The van der Waals surface area contributed by atoms with Crippen molar-refractivity contribution in [2.75, 3.05) is 13.2 Å². The SMILES string of the molecule is CC(O)CO.CCO.[Cl-].[Na+]. The summed E-state index contributed by atoms with van der Waals surface area (Å²) in [5, 5.41) is 23.6. The van der Waals surface area contributed by atoms with Gasteiger partial charge in [-0.05, 0) is 13.8 Å². The van der Waals surface area contributed by atoms with Gasteiger partial charge in [0.05, 0.1) is 12.7 Å². The summed E-state index contributed by atoms with van der Waals surface area (Å²) in [4.78, 5) is 0. The van der Waals surface area contributed by atoms with E-state index in [1.54, 1.807) is 6.92 Å². The summed E-state index contributed by atoms with van der Waals surface area (Å²) in [6, 6.07) is 0. The van der Waals surface area contributed by atoms with E-state index in [1.807, 2.05) is 0 Å². The van der Waals surface area contributed by atoms with E-state index in [2.05, 4.69) is 0 Å². The first-order valence-corrected chi connectivity index (χ1v) is 2.58. The molecule has 0 fully saturated rings. The standard InChI is InChI=1S/C3H8O2.C2H6O.ClH.Na/c1-3(5)2-4;1-2-3;;/h3-5H,2H2,1H3;3H,2H2,1H3;1H;/q;;;+1/p-1. The Labute approximate surface area is 90.2 Å².